The van der Waals surface area contributed by atoms with Crippen LogP contribution < -0.4 is 15.4 Å². The Morgan fingerprint density at radius 1 is 0.903 bits per heavy atom. The van der Waals surface area contributed by atoms with E-state index in [1.165, 1.54) is 0 Å². The number of anilines is 1. The summed E-state index contributed by atoms with van der Waals surface area (Å²) in [6.07, 6.45) is 1.85. The Kier molecular flexibility index (Phi) is 5.22. The van der Waals surface area contributed by atoms with Crippen LogP contribution in [0.25, 0.3) is 10.8 Å². The molecule has 0 radical (unpaired) electrons. The second-order valence-electron chi connectivity index (χ2n) is 7.60. The van der Waals surface area contributed by atoms with Crippen LogP contribution in [-0.4, -0.2) is 13.3 Å². The maximum atomic E-state index is 5.37. The Bertz CT molecular complexity index is 1240. The van der Waals surface area contributed by atoms with Crippen LogP contribution in [0, 0.1) is 0 Å². The molecule has 1 heterocycles. The summed E-state index contributed by atoms with van der Waals surface area (Å²) in [7, 11) is 1.69. The van der Waals surface area contributed by atoms with E-state index < -0.39 is 5.66 Å². The molecule has 4 aromatic rings. The van der Waals surface area contributed by atoms with Gasteiger partial charge in [0, 0.05) is 16.4 Å². The lowest BCUT2D eigenvalue weighted by Crippen LogP contribution is -2.47. The molecule has 4 nitrogen and oxygen atoms in total. The number of methoxy groups -OCH3 is 1. The third kappa shape index (κ3) is 3.94. The van der Waals surface area contributed by atoms with Crippen LogP contribution in [0.2, 0.25) is 0 Å². The topological polar surface area (TPSA) is 45.6 Å². The molecule has 0 saturated carbocycles. The summed E-state index contributed by atoms with van der Waals surface area (Å²) in [4.78, 5) is 4.83. The minimum absolute atomic E-state index is 0.129. The first kappa shape index (κ1) is 19.8. The molecule has 154 valence electrons. The molecule has 31 heavy (non-hydrogen) atoms. The Morgan fingerprint density at radius 2 is 1.65 bits per heavy atom. The molecule has 1 aliphatic heterocycles. The van der Waals surface area contributed by atoms with E-state index in [1.54, 1.807) is 7.11 Å². The first-order chi connectivity index (χ1) is 15.1. The van der Waals surface area contributed by atoms with Gasteiger partial charge < -0.3 is 10.1 Å². The van der Waals surface area contributed by atoms with Crippen molar-refractivity contribution in [2.45, 2.75) is 11.8 Å². The van der Waals surface area contributed by atoms with Crippen LogP contribution >= 0.6 is 15.9 Å². The van der Waals surface area contributed by atoms with Crippen LogP contribution in [0.15, 0.2) is 100 Å². The summed E-state index contributed by atoms with van der Waals surface area (Å²) in [6.45, 7) is 0. The summed E-state index contributed by atoms with van der Waals surface area (Å²) in [6, 6.07) is 31.1. The van der Waals surface area contributed by atoms with Crippen LogP contribution in [0.5, 0.6) is 5.75 Å². The number of hydrogen-bond acceptors (Lipinski definition) is 4. The molecule has 1 aliphatic rings. The Morgan fingerprint density at radius 3 is 2.42 bits per heavy atom. The van der Waals surface area contributed by atoms with Gasteiger partial charge in [-0.25, -0.2) is 0 Å². The monoisotopic (exact) mass is 471 g/mol. The predicted octanol–water partition coefficient (Wildman–Crippen LogP) is 6.25. The molecule has 0 aliphatic carbocycles. The minimum Gasteiger partial charge on any atom is -0.497 e. The van der Waals surface area contributed by atoms with Gasteiger partial charge >= 0.3 is 0 Å². The van der Waals surface area contributed by atoms with Gasteiger partial charge in [0.1, 0.15) is 11.9 Å². The van der Waals surface area contributed by atoms with Crippen LogP contribution in [0.1, 0.15) is 17.3 Å². The lowest BCUT2D eigenvalue weighted by atomic mass is 9.96. The average molecular weight is 472 g/mol. The van der Waals surface area contributed by atoms with E-state index >= 15 is 0 Å². The van der Waals surface area contributed by atoms with Gasteiger partial charge in [0.2, 0.25) is 0 Å². The normalized spacial score (nSPS) is 20.1. The van der Waals surface area contributed by atoms with E-state index in [0.29, 0.717) is 0 Å². The zero-order chi connectivity index (χ0) is 21.3. The number of halogens is 1. The van der Waals surface area contributed by atoms with Crippen molar-refractivity contribution in [3.8, 4) is 5.75 Å². The van der Waals surface area contributed by atoms with Gasteiger partial charge in [-0.2, -0.15) is 0 Å². The first-order valence-electron chi connectivity index (χ1n) is 10.1. The van der Waals surface area contributed by atoms with Gasteiger partial charge in [-0.05, 0) is 64.4 Å². The lowest BCUT2D eigenvalue weighted by Gasteiger charge is -2.32. The van der Waals surface area contributed by atoms with Crippen LogP contribution in [0.4, 0.5) is 5.69 Å². The smallest absolute Gasteiger partial charge is 0.153 e. The number of hydrogen-bond donors (Lipinski definition) is 2. The Hall–Kier alpha value is -3.15. The number of nitrogens with zero attached hydrogens (tertiary/aromatic N) is 1. The Balaban J connectivity index is 1.56. The molecule has 2 N–H and O–H groups in total. The molecular weight excluding hydrogens is 450 g/mol. The van der Waals surface area contributed by atoms with E-state index in [2.05, 4.69) is 81.2 Å². The van der Waals surface area contributed by atoms with Crippen molar-refractivity contribution in [1.82, 2.24) is 5.32 Å². The molecule has 4 aromatic carbocycles. The first-order valence-corrected chi connectivity index (χ1v) is 10.9. The minimum atomic E-state index is -0.636. The molecule has 0 saturated heterocycles. The highest BCUT2D eigenvalue weighted by Gasteiger charge is 2.37. The highest BCUT2D eigenvalue weighted by molar-refractivity contribution is 9.10. The molecular formula is C26H22BrN3O. The molecule has 5 heteroatoms. The van der Waals surface area contributed by atoms with Crippen molar-refractivity contribution in [2.24, 2.45) is 4.99 Å². The van der Waals surface area contributed by atoms with Crippen molar-refractivity contribution in [3.63, 3.8) is 0 Å². The number of aliphatic imine (C=N–C) groups is 1. The zero-order valence-corrected chi connectivity index (χ0v) is 18.6. The van der Waals surface area contributed by atoms with Crippen LogP contribution in [0.3, 0.4) is 0 Å². The fraction of sp³-hybridized carbons (Fsp3) is 0.115. The van der Waals surface area contributed by atoms with Gasteiger partial charge in [0.05, 0.1) is 7.11 Å². The Labute approximate surface area is 190 Å². The third-order valence-corrected chi connectivity index (χ3v) is 6.11. The zero-order valence-electron chi connectivity index (χ0n) is 17.0. The van der Waals surface area contributed by atoms with E-state index in [-0.39, 0.29) is 6.17 Å². The molecule has 0 spiro atoms. The maximum Gasteiger partial charge on any atom is 0.153 e. The van der Waals surface area contributed by atoms with Gasteiger partial charge in [0.25, 0.3) is 0 Å². The van der Waals surface area contributed by atoms with E-state index in [0.717, 1.165) is 37.8 Å². The summed E-state index contributed by atoms with van der Waals surface area (Å²) in [5.41, 5.74) is 2.59. The molecule has 0 aromatic heterocycles. The fourth-order valence-corrected chi connectivity index (χ4v) is 4.20. The van der Waals surface area contributed by atoms with Crippen molar-refractivity contribution >= 4 is 38.6 Å². The quantitative estimate of drug-likeness (QED) is 0.361. The number of benzene rings is 4. The predicted molar refractivity (Wildman–Crippen MR) is 131 cm³/mol. The van der Waals surface area contributed by atoms with Crippen molar-refractivity contribution < 1.29 is 4.74 Å². The number of fused-ring (bicyclic) bond motifs is 1. The number of ether oxygens (including phenoxy) is 1. The second kappa shape index (κ2) is 8.17. The summed E-state index contributed by atoms with van der Waals surface area (Å²) in [5, 5.41) is 9.68. The summed E-state index contributed by atoms with van der Waals surface area (Å²) >= 11 is 3.52. The largest absolute Gasteiger partial charge is 0.497 e. The number of nitrogens with one attached hydrogen (secondary N) is 2. The lowest BCUT2D eigenvalue weighted by molar-refractivity contribution is 0.415. The van der Waals surface area contributed by atoms with Crippen molar-refractivity contribution in [3.05, 3.63) is 107 Å². The van der Waals surface area contributed by atoms with Gasteiger partial charge in [0.15, 0.2) is 5.66 Å². The second-order valence-corrected chi connectivity index (χ2v) is 8.52. The molecule has 5 rings (SSSR count). The van der Waals surface area contributed by atoms with E-state index in [4.69, 9.17) is 9.73 Å². The molecule has 0 amide bonds. The third-order valence-electron chi connectivity index (χ3n) is 5.59. The summed E-state index contributed by atoms with van der Waals surface area (Å²) in [5.74, 6) is 0.854. The molecule has 2 atom stereocenters. The fourth-order valence-electron chi connectivity index (χ4n) is 3.94. The van der Waals surface area contributed by atoms with Crippen molar-refractivity contribution in [1.29, 1.82) is 0 Å². The van der Waals surface area contributed by atoms with Gasteiger partial charge in [-0.1, -0.05) is 64.5 Å². The van der Waals surface area contributed by atoms with E-state index in [9.17, 15) is 0 Å². The molecule has 2 unspecified atom stereocenters. The van der Waals surface area contributed by atoms with Crippen LogP contribution in [-0.2, 0) is 5.66 Å². The SMILES string of the molecule is COc1ccc2cc(C3(Nc4ccc(Br)cc4)C=NC(c4ccccc4)N3)ccc2c1. The highest BCUT2D eigenvalue weighted by atomic mass is 79.9. The molecule has 0 bridgehead atoms. The standard InChI is InChI=1S/C26H22BrN3O/c1-31-24-14-8-19-15-21(9-7-20(19)16-24)26(29-23-12-10-22(27)11-13-23)17-28-25(30-26)18-5-3-2-4-6-18/h2-17,25,29-30H,1H3. The summed E-state index contributed by atoms with van der Waals surface area (Å²) < 4.78 is 6.42. The van der Waals surface area contributed by atoms with E-state index in [1.807, 2.05) is 42.6 Å². The highest BCUT2D eigenvalue weighted by Crippen LogP contribution is 2.34. The van der Waals surface area contributed by atoms with Crippen molar-refractivity contribution in [2.75, 3.05) is 12.4 Å². The maximum absolute atomic E-state index is 5.37. The van der Waals surface area contributed by atoms with Gasteiger partial charge in [-0.3, -0.25) is 10.3 Å². The molecule has 0 fully saturated rings. The number of rotatable bonds is 5. The van der Waals surface area contributed by atoms with Gasteiger partial charge in [-0.15, -0.1) is 0 Å². The average Bonchev–Trinajstić information content (AvgIpc) is 3.25.